The van der Waals surface area contributed by atoms with Gasteiger partial charge in [0.15, 0.2) is 0 Å². The first-order valence-electron chi connectivity index (χ1n) is 5.49. The van der Waals surface area contributed by atoms with E-state index in [9.17, 15) is 13.2 Å². The van der Waals surface area contributed by atoms with Gasteiger partial charge in [0, 0.05) is 23.2 Å². The van der Waals surface area contributed by atoms with E-state index >= 15 is 0 Å². The molecule has 0 aliphatic carbocycles. The van der Waals surface area contributed by atoms with Crippen molar-refractivity contribution in [1.82, 2.24) is 10.3 Å². The molecule has 0 aliphatic heterocycles. The fourth-order valence-corrected chi connectivity index (χ4v) is 1.90. The van der Waals surface area contributed by atoms with Gasteiger partial charge in [-0.25, -0.2) is 4.98 Å². The normalized spacial score (nSPS) is 13.0. The first-order chi connectivity index (χ1) is 8.16. The summed E-state index contributed by atoms with van der Waals surface area (Å²) in [6, 6.07) is 0. The Balaban J connectivity index is 2.35. The monoisotopic (exact) mass is 282 g/mol. The van der Waals surface area contributed by atoms with Crippen molar-refractivity contribution in [2.75, 3.05) is 6.61 Å². The number of hydrogen-bond donors (Lipinski definition) is 1. The molecule has 0 fully saturated rings. The highest BCUT2D eigenvalue weighted by molar-refractivity contribution is 7.11. The van der Waals surface area contributed by atoms with Crippen molar-refractivity contribution < 1.29 is 17.9 Å². The molecule has 0 aromatic carbocycles. The summed E-state index contributed by atoms with van der Waals surface area (Å²) in [5.74, 6) is 0. The Morgan fingerprint density at radius 3 is 2.56 bits per heavy atom. The summed E-state index contributed by atoms with van der Waals surface area (Å²) in [7, 11) is 0. The lowest BCUT2D eigenvalue weighted by Gasteiger charge is -2.19. The Labute approximate surface area is 108 Å². The molecule has 3 nitrogen and oxygen atoms in total. The van der Waals surface area contributed by atoms with E-state index in [-0.39, 0.29) is 12.1 Å². The Morgan fingerprint density at radius 2 is 2.00 bits per heavy atom. The van der Waals surface area contributed by atoms with Crippen molar-refractivity contribution in [3.05, 3.63) is 16.1 Å². The lowest BCUT2D eigenvalue weighted by Crippen LogP contribution is -2.34. The molecule has 1 N–H and O–H groups in total. The summed E-state index contributed by atoms with van der Waals surface area (Å²) in [5.41, 5.74) is -0.00304. The number of alkyl halides is 3. The minimum Gasteiger partial charge on any atom is -0.365 e. The summed E-state index contributed by atoms with van der Waals surface area (Å²) in [5, 5.41) is 3.84. The Hall–Kier alpha value is -0.660. The van der Waals surface area contributed by atoms with Crippen molar-refractivity contribution in [2.45, 2.75) is 45.6 Å². The molecule has 0 atom stereocenters. The summed E-state index contributed by atoms with van der Waals surface area (Å²) < 4.78 is 40.1. The van der Waals surface area contributed by atoms with Crippen LogP contribution in [0.25, 0.3) is 0 Å². The molecule has 0 saturated heterocycles. The summed E-state index contributed by atoms with van der Waals surface area (Å²) in [6.07, 6.45) is -2.62. The van der Waals surface area contributed by atoms with Gasteiger partial charge in [0.05, 0.1) is 6.61 Å². The molecule has 0 unspecified atom stereocenters. The van der Waals surface area contributed by atoms with Gasteiger partial charge >= 0.3 is 6.18 Å². The average Bonchev–Trinajstić information content (AvgIpc) is 2.60. The predicted octanol–water partition coefficient (Wildman–Crippen LogP) is 3.11. The van der Waals surface area contributed by atoms with E-state index < -0.39 is 12.8 Å². The van der Waals surface area contributed by atoms with Crippen molar-refractivity contribution in [3.63, 3.8) is 0 Å². The summed E-state index contributed by atoms with van der Waals surface area (Å²) in [4.78, 5) is 5.00. The molecule has 0 aliphatic rings. The lowest BCUT2D eigenvalue weighted by atomic mass is 10.1. The summed E-state index contributed by atoms with van der Waals surface area (Å²) >= 11 is 1.36. The molecule has 0 saturated carbocycles. The van der Waals surface area contributed by atoms with Crippen LogP contribution in [0.3, 0.4) is 0 Å². The second-order valence-corrected chi connectivity index (χ2v) is 6.13. The molecule has 18 heavy (non-hydrogen) atoms. The molecule has 1 heterocycles. The third-order valence-electron chi connectivity index (χ3n) is 1.89. The second kappa shape index (κ2) is 5.99. The van der Waals surface area contributed by atoms with Gasteiger partial charge in [-0.05, 0) is 20.8 Å². The van der Waals surface area contributed by atoms with Crippen LogP contribution in [0, 0.1) is 0 Å². The molecule has 0 radical (unpaired) electrons. The van der Waals surface area contributed by atoms with E-state index in [1.54, 1.807) is 6.20 Å². The number of hydrogen-bond acceptors (Lipinski definition) is 4. The van der Waals surface area contributed by atoms with Gasteiger partial charge < -0.3 is 10.1 Å². The Kier molecular flexibility index (Phi) is 5.12. The van der Waals surface area contributed by atoms with Gasteiger partial charge in [0.25, 0.3) is 0 Å². The van der Waals surface area contributed by atoms with Crippen LogP contribution < -0.4 is 5.32 Å². The largest absolute Gasteiger partial charge is 0.411 e. The van der Waals surface area contributed by atoms with Gasteiger partial charge in [-0.3, -0.25) is 0 Å². The number of ether oxygens (including phenoxy) is 1. The number of halogens is 3. The number of nitrogens with one attached hydrogen (secondary N) is 1. The van der Waals surface area contributed by atoms with Crippen molar-refractivity contribution >= 4 is 11.3 Å². The number of rotatable bonds is 5. The molecule has 1 aromatic heterocycles. The van der Waals surface area contributed by atoms with E-state index in [4.69, 9.17) is 0 Å². The van der Waals surface area contributed by atoms with Gasteiger partial charge in [0.2, 0.25) is 0 Å². The Bertz CT molecular complexity index is 371. The molecule has 0 bridgehead atoms. The fraction of sp³-hybridized carbons (Fsp3) is 0.727. The molecule has 1 rings (SSSR count). The molecular formula is C11H17F3N2OS. The van der Waals surface area contributed by atoms with E-state index in [2.05, 4.69) is 15.0 Å². The average molecular weight is 282 g/mol. The van der Waals surface area contributed by atoms with Crippen LogP contribution in [0.15, 0.2) is 6.20 Å². The van der Waals surface area contributed by atoms with Crippen LogP contribution in [0.2, 0.25) is 0 Å². The zero-order chi connectivity index (χ0) is 13.8. The van der Waals surface area contributed by atoms with Gasteiger partial charge in [-0.2, -0.15) is 13.2 Å². The smallest absolute Gasteiger partial charge is 0.365 e. The van der Waals surface area contributed by atoms with Crippen LogP contribution in [-0.2, 0) is 17.9 Å². The maximum absolute atomic E-state index is 11.9. The van der Waals surface area contributed by atoms with Crippen LogP contribution in [-0.4, -0.2) is 23.3 Å². The van der Waals surface area contributed by atoms with Crippen LogP contribution in [0.5, 0.6) is 0 Å². The maximum Gasteiger partial charge on any atom is 0.411 e. The summed E-state index contributed by atoms with van der Waals surface area (Å²) in [6.45, 7) is 5.45. The maximum atomic E-state index is 11.9. The standard InChI is InChI=1S/C11H17F3N2OS/c1-10(2,3)16-5-8-4-15-9(18-8)6-17-7-11(12,13)14/h4,16H,5-7H2,1-3H3. The van der Waals surface area contributed by atoms with Crippen molar-refractivity contribution in [1.29, 1.82) is 0 Å². The topological polar surface area (TPSA) is 34.2 Å². The van der Waals surface area contributed by atoms with Crippen LogP contribution in [0.4, 0.5) is 13.2 Å². The molecule has 0 amide bonds. The van der Waals surface area contributed by atoms with E-state index in [0.717, 1.165) is 4.88 Å². The number of aromatic nitrogens is 1. The Morgan fingerprint density at radius 1 is 1.33 bits per heavy atom. The van der Waals surface area contributed by atoms with Gasteiger partial charge in [-0.15, -0.1) is 11.3 Å². The minimum absolute atomic E-state index is 0.00304. The van der Waals surface area contributed by atoms with Crippen LogP contribution in [0.1, 0.15) is 30.7 Å². The number of thiazole rings is 1. The molecule has 104 valence electrons. The highest BCUT2D eigenvalue weighted by atomic mass is 32.1. The predicted molar refractivity (Wildman–Crippen MR) is 64.4 cm³/mol. The zero-order valence-corrected chi connectivity index (χ0v) is 11.4. The molecule has 7 heteroatoms. The van der Waals surface area contributed by atoms with Crippen molar-refractivity contribution in [3.8, 4) is 0 Å². The molecule has 0 spiro atoms. The second-order valence-electron chi connectivity index (χ2n) is 4.93. The third kappa shape index (κ3) is 6.93. The molecular weight excluding hydrogens is 265 g/mol. The highest BCUT2D eigenvalue weighted by Crippen LogP contribution is 2.18. The zero-order valence-electron chi connectivity index (χ0n) is 10.6. The van der Waals surface area contributed by atoms with Crippen molar-refractivity contribution in [2.24, 2.45) is 0 Å². The third-order valence-corrected chi connectivity index (χ3v) is 2.86. The minimum atomic E-state index is -4.28. The fourth-order valence-electron chi connectivity index (χ4n) is 1.10. The van der Waals surface area contributed by atoms with E-state index in [0.29, 0.717) is 11.6 Å². The first kappa shape index (κ1) is 15.4. The quantitative estimate of drug-likeness (QED) is 0.901. The van der Waals surface area contributed by atoms with Gasteiger partial charge in [0.1, 0.15) is 11.6 Å². The van der Waals surface area contributed by atoms with E-state index in [1.807, 2.05) is 20.8 Å². The molecule has 1 aromatic rings. The first-order valence-corrected chi connectivity index (χ1v) is 6.30. The van der Waals surface area contributed by atoms with E-state index in [1.165, 1.54) is 11.3 Å². The van der Waals surface area contributed by atoms with Crippen LogP contribution >= 0.6 is 11.3 Å². The SMILES string of the molecule is CC(C)(C)NCc1cnc(COCC(F)(F)F)s1. The number of nitrogens with zero attached hydrogens (tertiary/aromatic N) is 1. The van der Waals surface area contributed by atoms with Gasteiger partial charge in [-0.1, -0.05) is 0 Å². The highest BCUT2D eigenvalue weighted by Gasteiger charge is 2.27. The lowest BCUT2D eigenvalue weighted by molar-refractivity contribution is -0.176.